The van der Waals surface area contributed by atoms with Crippen molar-refractivity contribution < 1.29 is 18.4 Å². The van der Waals surface area contributed by atoms with Gasteiger partial charge in [0.2, 0.25) is 5.91 Å². The summed E-state index contributed by atoms with van der Waals surface area (Å²) in [5.41, 5.74) is 3.21. The Kier molecular flexibility index (Phi) is 6.33. The van der Waals surface area contributed by atoms with Gasteiger partial charge < -0.3 is 5.32 Å². The van der Waals surface area contributed by atoms with E-state index in [0.29, 0.717) is 5.71 Å². The summed E-state index contributed by atoms with van der Waals surface area (Å²) in [5.74, 6) is -1.98. The van der Waals surface area contributed by atoms with E-state index in [2.05, 4.69) is 15.8 Å². The Bertz CT molecular complexity index is 789. The minimum Gasteiger partial charge on any atom is -0.352 e. The zero-order chi connectivity index (χ0) is 18.2. The van der Waals surface area contributed by atoms with E-state index < -0.39 is 11.7 Å². The molecule has 2 amide bonds. The second-order valence-corrected chi connectivity index (χ2v) is 5.35. The minimum atomic E-state index is -0.691. The van der Waals surface area contributed by atoms with Gasteiger partial charge in [0.15, 0.2) is 0 Å². The van der Waals surface area contributed by atoms with E-state index in [1.54, 1.807) is 19.1 Å². The summed E-state index contributed by atoms with van der Waals surface area (Å²) in [6.45, 7) is 1.83. The number of nitrogens with zero attached hydrogens (tertiary/aromatic N) is 1. The number of carbonyl (C=O) groups is 2. The fraction of sp³-hybridized carbons (Fsp3) is 0.167. The van der Waals surface area contributed by atoms with Gasteiger partial charge in [0, 0.05) is 12.3 Å². The summed E-state index contributed by atoms with van der Waals surface area (Å²) >= 11 is 0. The molecule has 2 rings (SSSR count). The smallest absolute Gasteiger partial charge is 0.274 e. The summed E-state index contributed by atoms with van der Waals surface area (Å²) in [5, 5.41) is 6.45. The van der Waals surface area contributed by atoms with Gasteiger partial charge in [-0.2, -0.15) is 5.10 Å². The van der Waals surface area contributed by atoms with Crippen molar-refractivity contribution in [3.05, 3.63) is 71.3 Å². The van der Waals surface area contributed by atoms with Gasteiger partial charge in [0.1, 0.15) is 11.6 Å². The van der Waals surface area contributed by atoms with Gasteiger partial charge in [0.25, 0.3) is 5.91 Å². The van der Waals surface area contributed by atoms with Crippen molar-refractivity contribution in [1.82, 2.24) is 10.7 Å². The molecule has 130 valence electrons. The van der Waals surface area contributed by atoms with Crippen LogP contribution in [0.1, 0.15) is 29.3 Å². The number of halogens is 2. The Morgan fingerprint density at radius 3 is 2.40 bits per heavy atom. The monoisotopic (exact) mass is 345 g/mol. The number of hydrogen-bond donors (Lipinski definition) is 2. The van der Waals surface area contributed by atoms with Crippen molar-refractivity contribution in [1.29, 1.82) is 0 Å². The number of benzene rings is 2. The maximum atomic E-state index is 13.5. The van der Waals surface area contributed by atoms with Crippen LogP contribution in [0.3, 0.4) is 0 Å². The third kappa shape index (κ3) is 5.80. The molecule has 0 saturated heterocycles. The summed E-state index contributed by atoms with van der Waals surface area (Å²) in [4.78, 5) is 23.6. The molecular weight excluding hydrogens is 328 g/mol. The number of amides is 2. The normalized spacial score (nSPS) is 11.1. The van der Waals surface area contributed by atoms with E-state index in [1.807, 2.05) is 0 Å². The molecule has 0 bridgehead atoms. The lowest BCUT2D eigenvalue weighted by Gasteiger charge is -2.06. The first-order valence-corrected chi connectivity index (χ1v) is 7.55. The third-order valence-electron chi connectivity index (χ3n) is 3.29. The van der Waals surface area contributed by atoms with Crippen LogP contribution < -0.4 is 10.7 Å². The van der Waals surface area contributed by atoms with Crippen LogP contribution in [-0.2, 0) is 11.3 Å². The van der Waals surface area contributed by atoms with E-state index in [4.69, 9.17) is 0 Å². The molecule has 0 heterocycles. The number of nitrogens with one attached hydrogen (secondary N) is 2. The van der Waals surface area contributed by atoms with Crippen LogP contribution in [0.5, 0.6) is 0 Å². The van der Waals surface area contributed by atoms with Crippen LogP contribution >= 0.6 is 0 Å². The Hall–Kier alpha value is -3.09. The SMILES string of the molecule is C/C(CC(=O)NCc1ccc(F)cc1)=N/NC(=O)c1ccccc1F. The molecule has 0 saturated carbocycles. The highest BCUT2D eigenvalue weighted by Gasteiger charge is 2.10. The lowest BCUT2D eigenvalue weighted by atomic mass is 10.2. The largest absolute Gasteiger partial charge is 0.352 e. The predicted octanol–water partition coefficient (Wildman–Crippen LogP) is 2.78. The molecule has 0 atom stereocenters. The van der Waals surface area contributed by atoms with Gasteiger partial charge in [-0.3, -0.25) is 9.59 Å². The average Bonchev–Trinajstić information content (AvgIpc) is 2.59. The molecule has 7 heteroatoms. The molecule has 0 spiro atoms. The molecule has 0 unspecified atom stereocenters. The second-order valence-electron chi connectivity index (χ2n) is 5.35. The highest BCUT2D eigenvalue weighted by molar-refractivity contribution is 6.01. The predicted molar refractivity (Wildman–Crippen MR) is 89.8 cm³/mol. The lowest BCUT2D eigenvalue weighted by Crippen LogP contribution is -2.26. The van der Waals surface area contributed by atoms with Crippen molar-refractivity contribution in [2.45, 2.75) is 19.9 Å². The standard InChI is InChI=1S/C18H17F2N3O2/c1-12(22-23-18(25)15-4-2-3-5-16(15)20)10-17(24)21-11-13-6-8-14(19)9-7-13/h2-9H,10-11H2,1H3,(H,21,24)(H,23,25)/b22-12-. The zero-order valence-corrected chi connectivity index (χ0v) is 13.6. The van der Waals surface area contributed by atoms with Crippen LogP contribution in [0.4, 0.5) is 8.78 Å². The number of hydrogen-bond acceptors (Lipinski definition) is 3. The quantitative estimate of drug-likeness (QED) is 0.624. The average molecular weight is 345 g/mol. The van der Waals surface area contributed by atoms with E-state index in [1.165, 1.54) is 36.4 Å². The molecule has 25 heavy (non-hydrogen) atoms. The molecule has 0 fully saturated rings. The Morgan fingerprint density at radius 2 is 1.72 bits per heavy atom. The van der Waals surface area contributed by atoms with E-state index in [0.717, 1.165) is 5.56 Å². The summed E-state index contributed by atoms with van der Waals surface area (Å²) in [6.07, 6.45) is -0.0290. The summed E-state index contributed by atoms with van der Waals surface area (Å²) in [7, 11) is 0. The van der Waals surface area contributed by atoms with Gasteiger partial charge in [-0.25, -0.2) is 14.2 Å². The number of hydrazone groups is 1. The topological polar surface area (TPSA) is 70.6 Å². The van der Waals surface area contributed by atoms with E-state index >= 15 is 0 Å². The summed E-state index contributed by atoms with van der Waals surface area (Å²) < 4.78 is 26.3. The van der Waals surface area contributed by atoms with Crippen LogP contribution in [-0.4, -0.2) is 17.5 Å². The molecule has 0 aliphatic rings. The van der Waals surface area contributed by atoms with Gasteiger partial charge >= 0.3 is 0 Å². The number of rotatable bonds is 6. The van der Waals surface area contributed by atoms with Crippen molar-refractivity contribution in [3.63, 3.8) is 0 Å². The molecule has 2 N–H and O–H groups in total. The summed E-state index contributed by atoms with van der Waals surface area (Å²) in [6, 6.07) is 11.3. The van der Waals surface area contributed by atoms with Crippen molar-refractivity contribution in [3.8, 4) is 0 Å². The Balaban J connectivity index is 1.82. The molecule has 0 radical (unpaired) electrons. The van der Waals surface area contributed by atoms with Gasteiger partial charge in [-0.05, 0) is 36.8 Å². The Labute approximate surface area is 143 Å². The molecule has 5 nitrogen and oxygen atoms in total. The first-order chi connectivity index (χ1) is 12.0. The molecule has 2 aromatic rings. The lowest BCUT2D eigenvalue weighted by molar-refractivity contribution is -0.120. The second kappa shape index (κ2) is 8.68. The first-order valence-electron chi connectivity index (χ1n) is 7.55. The van der Waals surface area contributed by atoms with Crippen molar-refractivity contribution in [2.24, 2.45) is 5.10 Å². The number of carbonyl (C=O) groups excluding carboxylic acids is 2. The Morgan fingerprint density at radius 1 is 1.04 bits per heavy atom. The first kappa shape index (κ1) is 18.3. The van der Waals surface area contributed by atoms with Crippen LogP contribution in [0.25, 0.3) is 0 Å². The fourth-order valence-corrected chi connectivity index (χ4v) is 1.99. The highest BCUT2D eigenvalue weighted by Crippen LogP contribution is 2.06. The van der Waals surface area contributed by atoms with Crippen molar-refractivity contribution >= 4 is 17.5 Å². The highest BCUT2D eigenvalue weighted by atomic mass is 19.1. The molecule has 0 aliphatic carbocycles. The third-order valence-corrected chi connectivity index (χ3v) is 3.29. The molecular formula is C18H17F2N3O2. The maximum absolute atomic E-state index is 13.5. The maximum Gasteiger partial charge on any atom is 0.274 e. The van der Waals surface area contributed by atoms with E-state index in [9.17, 15) is 18.4 Å². The molecule has 0 aliphatic heterocycles. The van der Waals surface area contributed by atoms with Gasteiger partial charge in [-0.1, -0.05) is 24.3 Å². The minimum absolute atomic E-state index is 0.0290. The van der Waals surface area contributed by atoms with Crippen molar-refractivity contribution in [2.75, 3.05) is 0 Å². The molecule has 0 aromatic heterocycles. The van der Waals surface area contributed by atoms with Gasteiger partial charge in [-0.15, -0.1) is 0 Å². The molecule has 2 aromatic carbocycles. The van der Waals surface area contributed by atoms with Gasteiger partial charge in [0.05, 0.1) is 12.0 Å². The fourth-order valence-electron chi connectivity index (χ4n) is 1.99. The van der Waals surface area contributed by atoms with Crippen LogP contribution in [0, 0.1) is 11.6 Å². The zero-order valence-electron chi connectivity index (χ0n) is 13.6. The van der Waals surface area contributed by atoms with Crippen LogP contribution in [0.15, 0.2) is 53.6 Å². The van der Waals surface area contributed by atoms with Crippen LogP contribution in [0.2, 0.25) is 0 Å². The van der Waals surface area contributed by atoms with E-state index in [-0.39, 0.29) is 30.3 Å².